The number of nitrogens with zero attached hydrogens (tertiary/aromatic N) is 2. The first kappa shape index (κ1) is 16.7. The van der Waals surface area contributed by atoms with Crippen molar-refractivity contribution in [1.82, 2.24) is 9.47 Å². The van der Waals surface area contributed by atoms with Crippen LogP contribution in [0.4, 0.5) is 8.78 Å². The lowest BCUT2D eigenvalue weighted by molar-refractivity contribution is 0.210. The predicted octanol–water partition coefficient (Wildman–Crippen LogP) is 4.01. The summed E-state index contributed by atoms with van der Waals surface area (Å²) in [6.45, 7) is 2.54. The van der Waals surface area contributed by atoms with Gasteiger partial charge in [-0.3, -0.25) is 9.47 Å². The van der Waals surface area contributed by atoms with Gasteiger partial charge in [0.05, 0.1) is 12.2 Å². The van der Waals surface area contributed by atoms with E-state index < -0.39 is 17.4 Å². The summed E-state index contributed by atoms with van der Waals surface area (Å²) in [5.74, 6) is -1.76. The molecule has 2 aromatic carbocycles. The molecule has 0 N–H and O–H groups in total. The molecular weight excluding hydrogens is 338 g/mol. The molecule has 0 saturated heterocycles. The van der Waals surface area contributed by atoms with E-state index in [1.165, 1.54) is 22.8 Å². The topological polar surface area (TPSA) is 38.4 Å². The van der Waals surface area contributed by atoms with Gasteiger partial charge in [-0.25, -0.2) is 13.6 Å². The Kier molecular flexibility index (Phi) is 4.69. The molecule has 0 unspecified atom stereocenters. The fraction of sp³-hybridized carbons (Fsp3) is 0.235. The Hall–Kier alpha value is -2.18. The minimum Gasteiger partial charge on any atom is -0.408 e. The van der Waals surface area contributed by atoms with Gasteiger partial charge in [0.25, 0.3) is 0 Å². The highest BCUT2D eigenvalue weighted by molar-refractivity contribution is 6.31. The van der Waals surface area contributed by atoms with Crippen molar-refractivity contribution in [3.63, 3.8) is 0 Å². The van der Waals surface area contributed by atoms with Crippen molar-refractivity contribution in [2.45, 2.75) is 20.1 Å². The van der Waals surface area contributed by atoms with Crippen molar-refractivity contribution in [2.75, 3.05) is 6.54 Å². The van der Waals surface area contributed by atoms with Gasteiger partial charge in [-0.05, 0) is 30.8 Å². The Morgan fingerprint density at radius 2 is 1.92 bits per heavy atom. The predicted molar refractivity (Wildman–Crippen MR) is 87.9 cm³/mol. The van der Waals surface area contributed by atoms with E-state index in [4.69, 9.17) is 16.0 Å². The highest BCUT2D eigenvalue weighted by atomic mass is 35.5. The minimum absolute atomic E-state index is 0.0248. The van der Waals surface area contributed by atoms with E-state index in [1.807, 2.05) is 6.92 Å². The van der Waals surface area contributed by atoms with Crippen LogP contribution in [0.1, 0.15) is 12.5 Å². The molecule has 126 valence electrons. The smallest absolute Gasteiger partial charge is 0.408 e. The van der Waals surface area contributed by atoms with E-state index in [9.17, 15) is 13.6 Å². The zero-order chi connectivity index (χ0) is 17.3. The van der Waals surface area contributed by atoms with E-state index in [-0.39, 0.29) is 18.8 Å². The maximum Gasteiger partial charge on any atom is 0.421 e. The first-order chi connectivity index (χ1) is 11.5. The molecule has 0 fully saturated rings. The van der Waals surface area contributed by atoms with Gasteiger partial charge in [-0.1, -0.05) is 24.6 Å². The van der Waals surface area contributed by atoms with Crippen LogP contribution in [0.15, 0.2) is 45.6 Å². The third-order valence-electron chi connectivity index (χ3n) is 3.86. The number of hydrogen-bond donors (Lipinski definition) is 0. The molecule has 4 nitrogen and oxygen atoms in total. The number of benzene rings is 2. The van der Waals surface area contributed by atoms with Crippen molar-refractivity contribution in [2.24, 2.45) is 0 Å². The summed E-state index contributed by atoms with van der Waals surface area (Å²) in [4.78, 5) is 13.8. The van der Waals surface area contributed by atoms with Gasteiger partial charge in [-0.15, -0.1) is 0 Å². The highest BCUT2D eigenvalue weighted by Crippen LogP contribution is 2.20. The summed E-state index contributed by atoms with van der Waals surface area (Å²) < 4.78 is 34.3. The molecule has 0 amide bonds. The molecule has 24 heavy (non-hydrogen) atoms. The molecule has 0 aliphatic rings. The Bertz CT molecular complexity index is 916. The van der Waals surface area contributed by atoms with Crippen LogP contribution >= 0.6 is 11.6 Å². The van der Waals surface area contributed by atoms with E-state index in [1.54, 1.807) is 23.1 Å². The quantitative estimate of drug-likeness (QED) is 0.696. The third-order valence-corrected chi connectivity index (χ3v) is 4.10. The van der Waals surface area contributed by atoms with Gasteiger partial charge in [0, 0.05) is 23.2 Å². The lowest BCUT2D eigenvalue weighted by atomic mass is 10.2. The van der Waals surface area contributed by atoms with Crippen LogP contribution in [0.5, 0.6) is 0 Å². The van der Waals surface area contributed by atoms with Gasteiger partial charge in [0.1, 0.15) is 11.6 Å². The standard InChI is InChI=1S/C17H15ClF2N2O2/c1-2-21(9-12-13(19)4-3-5-14(12)20)10-22-15-7-6-11(18)8-16(15)24-17(22)23/h3-8H,2,9-10H2,1H3. The Morgan fingerprint density at radius 3 is 2.58 bits per heavy atom. The van der Waals surface area contributed by atoms with Gasteiger partial charge in [0.2, 0.25) is 0 Å². The van der Waals surface area contributed by atoms with Crippen molar-refractivity contribution in [3.05, 3.63) is 69.2 Å². The normalized spacial score (nSPS) is 11.5. The summed E-state index contributed by atoms with van der Waals surface area (Å²) in [6, 6.07) is 8.65. The molecule has 3 aromatic rings. The van der Waals surface area contributed by atoms with Crippen molar-refractivity contribution in [1.29, 1.82) is 0 Å². The number of halogens is 3. The Balaban J connectivity index is 1.91. The van der Waals surface area contributed by atoms with Gasteiger partial charge < -0.3 is 4.42 Å². The molecule has 1 aromatic heterocycles. The number of hydrogen-bond acceptors (Lipinski definition) is 3. The van der Waals surface area contributed by atoms with Crippen LogP contribution in [0.3, 0.4) is 0 Å². The van der Waals surface area contributed by atoms with E-state index in [0.29, 0.717) is 22.7 Å². The molecule has 0 saturated carbocycles. The average Bonchev–Trinajstić information content (AvgIpc) is 2.84. The largest absolute Gasteiger partial charge is 0.421 e. The molecular formula is C17H15ClF2N2O2. The van der Waals surface area contributed by atoms with Crippen molar-refractivity contribution >= 4 is 22.7 Å². The zero-order valence-corrected chi connectivity index (χ0v) is 13.7. The van der Waals surface area contributed by atoms with Crippen LogP contribution in [0.2, 0.25) is 5.02 Å². The van der Waals surface area contributed by atoms with Gasteiger partial charge >= 0.3 is 5.76 Å². The second-order valence-corrected chi connectivity index (χ2v) is 5.83. The third kappa shape index (κ3) is 3.20. The minimum atomic E-state index is -0.607. The lowest BCUT2D eigenvalue weighted by Gasteiger charge is -2.21. The number of fused-ring (bicyclic) bond motifs is 1. The SMILES string of the molecule is CCN(Cc1c(F)cccc1F)Cn1c(=O)oc2cc(Cl)ccc21. The molecule has 7 heteroatoms. The first-order valence-corrected chi connectivity index (χ1v) is 7.81. The van der Waals surface area contributed by atoms with Crippen LogP contribution < -0.4 is 5.76 Å². The Morgan fingerprint density at radius 1 is 1.21 bits per heavy atom. The number of aromatic nitrogens is 1. The van der Waals surface area contributed by atoms with Crippen LogP contribution in [-0.2, 0) is 13.2 Å². The molecule has 0 spiro atoms. The van der Waals surface area contributed by atoms with Crippen molar-refractivity contribution < 1.29 is 13.2 Å². The summed E-state index contributed by atoms with van der Waals surface area (Å²) in [5.41, 5.74) is 0.931. The maximum absolute atomic E-state index is 13.8. The van der Waals surface area contributed by atoms with Crippen LogP contribution in [0, 0.1) is 11.6 Å². The summed E-state index contributed by atoms with van der Waals surface area (Å²) in [7, 11) is 0. The fourth-order valence-corrected chi connectivity index (χ4v) is 2.71. The monoisotopic (exact) mass is 352 g/mol. The zero-order valence-electron chi connectivity index (χ0n) is 12.9. The fourth-order valence-electron chi connectivity index (χ4n) is 2.54. The van der Waals surface area contributed by atoms with Crippen LogP contribution in [0.25, 0.3) is 11.1 Å². The van der Waals surface area contributed by atoms with E-state index >= 15 is 0 Å². The molecule has 0 bridgehead atoms. The van der Waals surface area contributed by atoms with Crippen LogP contribution in [-0.4, -0.2) is 16.0 Å². The number of rotatable bonds is 5. The first-order valence-electron chi connectivity index (χ1n) is 7.43. The maximum atomic E-state index is 13.8. The molecule has 1 heterocycles. The molecule has 0 aliphatic heterocycles. The summed E-state index contributed by atoms with van der Waals surface area (Å²) >= 11 is 5.89. The number of oxazole rings is 1. The van der Waals surface area contributed by atoms with Gasteiger partial charge in [0.15, 0.2) is 5.58 Å². The summed E-state index contributed by atoms with van der Waals surface area (Å²) in [5, 5.41) is 0.462. The average molecular weight is 353 g/mol. The molecule has 0 radical (unpaired) electrons. The van der Waals surface area contributed by atoms with Gasteiger partial charge in [-0.2, -0.15) is 0 Å². The second-order valence-electron chi connectivity index (χ2n) is 5.39. The van der Waals surface area contributed by atoms with E-state index in [2.05, 4.69) is 0 Å². The Labute approximate surface area is 141 Å². The lowest BCUT2D eigenvalue weighted by Crippen LogP contribution is -2.30. The molecule has 0 aliphatic carbocycles. The molecule has 3 rings (SSSR count). The second kappa shape index (κ2) is 6.75. The van der Waals surface area contributed by atoms with E-state index in [0.717, 1.165) is 0 Å². The van der Waals surface area contributed by atoms with Crippen molar-refractivity contribution in [3.8, 4) is 0 Å². The highest BCUT2D eigenvalue weighted by Gasteiger charge is 2.16. The summed E-state index contributed by atoms with van der Waals surface area (Å²) in [6.07, 6.45) is 0. The molecule has 0 atom stereocenters.